The lowest BCUT2D eigenvalue weighted by Crippen LogP contribution is -2.69. The molecule has 4 aliphatic rings. The number of carbonyl (C=O) groups is 1. The van der Waals surface area contributed by atoms with Crippen molar-refractivity contribution in [2.45, 2.75) is 84.1 Å². The van der Waals surface area contributed by atoms with Gasteiger partial charge in [-0.05, 0) is 80.2 Å². The number of rotatable bonds is 10. The average Bonchev–Trinajstić information content (AvgIpc) is 3.55. The summed E-state index contributed by atoms with van der Waals surface area (Å²) in [5, 5.41) is 18.3. The Balaban J connectivity index is 0.984. The van der Waals surface area contributed by atoms with Gasteiger partial charge in [0.15, 0.2) is 0 Å². The number of hydrogen-bond donors (Lipinski definition) is 2. The first-order valence-electron chi connectivity index (χ1n) is 16.1. The van der Waals surface area contributed by atoms with Crippen molar-refractivity contribution in [2.75, 3.05) is 25.0 Å². The third-order valence-corrected chi connectivity index (χ3v) is 11.4. The topological polar surface area (TPSA) is 98.9 Å². The molecule has 1 saturated heterocycles. The number of nitrogens with zero attached hydrogens (tertiary/aromatic N) is 5. The van der Waals surface area contributed by atoms with Gasteiger partial charge in [-0.3, -0.25) is 9.69 Å². The molecule has 0 radical (unpaired) electrons. The smallest absolute Gasteiger partial charge is 0.367 e. The van der Waals surface area contributed by atoms with Gasteiger partial charge in [-0.2, -0.15) is 18.4 Å². The normalized spacial score (nSPS) is 23.2. The molecule has 4 aromatic rings. The highest BCUT2D eigenvalue weighted by molar-refractivity contribution is 7.18. The second kappa shape index (κ2) is 11.5. The number of aryl methyl sites for hydroxylation is 1. The highest BCUT2D eigenvalue weighted by atomic mass is 32.1. The molecule has 8 rings (SSSR count). The van der Waals surface area contributed by atoms with Crippen LogP contribution in [0.15, 0.2) is 30.6 Å². The number of likely N-dealkylation sites (tertiary alicyclic amines) is 1. The largest absolute Gasteiger partial charge is 0.393 e. The highest BCUT2D eigenvalue weighted by Gasteiger charge is 2.71. The van der Waals surface area contributed by atoms with Crippen molar-refractivity contribution in [1.29, 1.82) is 5.26 Å². The SMILES string of the molecule is CCCNC(=O)C12CC(Cn3c(C#N)cc4c(C)c(CN5CCC(Nc6ncnc7sc(CC(F)(F)F)cc67)CC5)ccc43)(C1)C2. The number of aromatic nitrogens is 3. The van der Waals surface area contributed by atoms with Gasteiger partial charge in [-0.25, -0.2) is 9.97 Å². The number of hydrogen-bond acceptors (Lipinski definition) is 7. The zero-order valence-corrected chi connectivity index (χ0v) is 27.0. The fraction of sp³-hybridized carbons (Fsp3) is 0.529. The molecule has 2 bridgehead atoms. The van der Waals surface area contributed by atoms with Crippen molar-refractivity contribution in [1.82, 2.24) is 24.8 Å². The van der Waals surface area contributed by atoms with Gasteiger partial charge in [0.25, 0.3) is 0 Å². The number of halogens is 3. The van der Waals surface area contributed by atoms with Crippen LogP contribution in [-0.4, -0.2) is 57.2 Å². The van der Waals surface area contributed by atoms with Crippen LogP contribution in [0.1, 0.15) is 67.1 Å². The Morgan fingerprint density at radius 1 is 1.15 bits per heavy atom. The Hall–Kier alpha value is -3.69. The zero-order chi connectivity index (χ0) is 32.3. The van der Waals surface area contributed by atoms with Crippen molar-refractivity contribution >= 4 is 44.2 Å². The highest BCUT2D eigenvalue weighted by Crippen LogP contribution is 2.74. The van der Waals surface area contributed by atoms with Crippen LogP contribution in [0.2, 0.25) is 0 Å². The van der Waals surface area contributed by atoms with Gasteiger partial charge in [0.1, 0.15) is 28.7 Å². The van der Waals surface area contributed by atoms with Crippen LogP contribution >= 0.6 is 11.3 Å². The van der Waals surface area contributed by atoms with Gasteiger partial charge in [0.2, 0.25) is 5.91 Å². The molecular formula is C34H38F3N7OS. The minimum atomic E-state index is -4.26. The molecule has 1 aromatic carbocycles. The number of amides is 1. The summed E-state index contributed by atoms with van der Waals surface area (Å²) in [7, 11) is 0. The van der Waals surface area contributed by atoms with E-state index in [-0.39, 0.29) is 27.7 Å². The summed E-state index contributed by atoms with van der Waals surface area (Å²) >= 11 is 1.07. The number of fused-ring (bicyclic) bond motifs is 2. The maximum absolute atomic E-state index is 12.9. The Bertz CT molecular complexity index is 1830. The van der Waals surface area contributed by atoms with Crippen LogP contribution < -0.4 is 10.6 Å². The van der Waals surface area contributed by atoms with Crippen LogP contribution in [0.3, 0.4) is 0 Å². The molecule has 1 amide bonds. The molecule has 46 heavy (non-hydrogen) atoms. The molecule has 4 heterocycles. The lowest BCUT2D eigenvalue weighted by atomic mass is 9.35. The number of anilines is 1. The third-order valence-electron chi connectivity index (χ3n) is 10.3. The van der Waals surface area contributed by atoms with Gasteiger partial charge < -0.3 is 15.2 Å². The number of benzene rings is 1. The first-order valence-corrected chi connectivity index (χ1v) is 16.9. The molecule has 3 saturated carbocycles. The zero-order valence-electron chi connectivity index (χ0n) is 26.1. The molecule has 4 fully saturated rings. The molecule has 0 spiro atoms. The minimum Gasteiger partial charge on any atom is -0.367 e. The van der Waals surface area contributed by atoms with Gasteiger partial charge in [-0.15, -0.1) is 11.3 Å². The predicted molar refractivity (Wildman–Crippen MR) is 173 cm³/mol. The van der Waals surface area contributed by atoms with Gasteiger partial charge in [0, 0.05) is 54.5 Å². The summed E-state index contributed by atoms with van der Waals surface area (Å²) in [4.78, 5) is 24.4. The van der Waals surface area contributed by atoms with Crippen LogP contribution in [0.25, 0.3) is 21.1 Å². The van der Waals surface area contributed by atoms with Gasteiger partial charge >= 0.3 is 6.18 Å². The van der Waals surface area contributed by atoms with E-state index in [9.17, 15) is 23.2 Å². The van der Waals surface area contributed by atoms with Crippen molar-refractivity contribution in [3.63, 3.8) is 0 Å². The summed E-state index contributed by atoms with van der Waals surface area (Å²) in [6.45, 7) is 8.27. The molecule has 3 aliphatic carbocycles. The summed E-state index contributed by atoms with van der Waals surface area (Å²) in [6.07, 6.45) is 1.61. The predicted octanol–water partition coefficient (Wildman–Crippen LogP) is 6.70. The summed E-state index contributed by atoms with van der Waals surface area (Å²) in [5.74, 6) is 0.794. The maximum Gasteiger partial charge on any atom is 0.393 e. The molecule has 1 aliphatic heterocycles. The number of piperidine rings is 1. The van der Waals surface area contributed by atoms with Crippen molar-refractivity contribution in [3.05, 3.63) is 52.3 Å². The van der Waals surface area contributed by atoms with E-state index in [2.05, 4.69) is 62.1 Å². The number of nitriles is 1. The lowest BCUT2D eigenvalue weighted by Gasteiger charge is -2.69. The Morgan fingerprint density at radius 3 is 2.61 bits per heavy atom. The Morgan fingerprint density at radius 2 is 1.91 bits per heavy atom. The fourth-order valence-electron chi connectivity index (χ4n) is 8.10. The summed E-state index contributed by atoms with van der Waals surface area (Å²) < 4.78 is 41.0. The quantitative estimate of drug-likeness (QED) is 0.198. The molecule has 12 heteroatoms. The molecule has 2 N–H and O–H groups in total. The number of carbonyl (C=O) groups excluding carboxylic acids is 1. The van der Waals surface area contributed by atoms with E-state index in [0.717, 1.165) is 93.5 Å². The summed E-state index contributed by atoms with van der Waals surface area (Å²) in [5.41, 5.74) is 4.10. The molecule has 3 aromatic heterocycles. The van der Waals surface area contributed by atoms with E-state index in [4.69, 9.17) is 0 Å². The number of nitrogens with one attached hydrogen (secondary N) is 2. The molecule has 0 unspecified atom stereocenters. The minimum absolute atomic E-state index is 0.110. The van der Waals surface area contributed by atoms with Crippen LogP contribution in [-0.2, 0) is 24.3 Å². The molecule has 0 atom stereocenters. The molecule has 8 nitrogen and oxygen atoms in total. The van der Waals surface area contributed by atoms with Gasteiger partial charge in [-0.1, -0.05) is 13.0 Å². The first kappa shape index (κ1) is 30.9. The van der Waals surface area contributed by atoms with E-state index in [0.29, 0.717) is 21.7 Å². The molecular weight excluding hydrogens is 611 g/mol. The van der Waals surface area contributed by atoms with Crippen LogP contribution in [0.4, 0.5) is 19.0 Å². The van der Waals surface area contributed by atoms with Crippen molar-refractivity contribution < 1.29 is 18.0 Å². The average molecular weight is 650 g/mol. The fourth-order valence-corrected chi connectivity index (χ4v) is 9.12. The third kappa shape index (κ3) is 5.62. The first-order chi connectivity index (χ1) is 22.0. The van der Waals surface area contributed by atoms with Crippen LogP contribution in [0.5, 0.6) is 0 Å². The Labute approximate surface area is 270 Å². The monoisotopic (exact) mass is 649 g/mol. The van der Waals surface area contributed by atoms with E-state index < -0.39 is 12.6 Å². The van der Waals surface area contributed by atoms with E-state index in [1.165, 1.54) is 17.5 Å². The number of alkyl halides is 3. The second-order valence-electron chi connectivity index (χ2n) is 13.7. The van der Waals surface area contributed by atoms with Crippen molar-refractivity contribution in [3.8, 4) is 6.07 Å². The standard InChI is InChI=1S/C34H38F3N7OS/c1-3-8-39-31(45)33-16-32(17-33,18-33)19-44-24(14-38)11-26-21(2)22(4-5-28(26)44)15-43-9-6-23(7-10-43)42-29-27-12-25(13-34(35,36)37)46-30(27)41-20-40-29/h4-5,11-12,20,23H,3,6-10,13,15-19H2,1-2H3,(H,39,45)(H,40,41,42). The molecule has 242 valence electrons. The number of thiophene rings is 1. The maximum atomic E-state index is 12.9. The van der Waals surface area contributed by atoms with Gasteiger partial charge in [0.05, 0.1) is 17.2 Å². The van der Waals surface area contributed by atoms with Crippen molar-refractivity contribution in [2.24, 2.45) is 10.8 Å². The van der Waals surface area contributed by atoms with E-state index in [1.807, 2.05) is 6.07 Å². The second-order valence-corrected chi connectivity index (χ2v) is 14.8. The van der Waals surface area contributed by atoms with E-state index >= 15 is 0 Å². The Kier molecular flexibility index (Phi) is 7.75. The van der Waals surface area contributed by atoms with E-state index in [1.54, 1.807) is 6.07 Å². The summed E-state index contributed by atoms with van der Waals surface area (Å²) in [6, 6.07) is 10.5. The van der Waals surface area contributed by atoms with Crippen LogP contribution in [0, 0.1) is 29.1 Å². The lowest BCUT2D eigenvalue weighted by molar-refractivity contribution is -0.212.